The van der Waals surface area contributed by atoms with Gasteiger partial charge in [0.25, 0.3) is 5.91 Å². The maximum absolute atomic E-state index is 12.2. The minimum Gasteiger partial charge on any atom is -0.481 e. The summed E-state index contributed by atoms with van der Waals surface area (Å²) in [5.74, 6) is -2.15. The van der Waals surface area contributed by atoms with Gasteiger partial charge in [-0.3, -0.25) is 9.59 Å². The molecule has 0 spiro atoms. The standard InChI is InChI=1S/C14H14F3NO4/c15-14(16,17)22-10-4-1-3-9(7-10)12(21)18-13(5-2-6-13)8-11(19)20/h1,3-4,7H,2,5-6,8H2,(H,18,21)(H,19,20). The van der Waals surface area contributed by atoms with Crippen molar-refractivity contribution in [3.8, 4) is 5.75 Å². The lowest BCUT2D eigenvalue weighted by atomic mass is 9.74. The van der Waals surface area contributed by atoms with Crippen LogP contribution in [-0.2, 0) is 4.79 Å². The van der Waals surface area contributed by atoms with Crippen LogP contribution >= 0.6 is 0 Å². The second-order valence-corrected chi connectivity index (χ2v) is 5.23. The molecule has 0 aromatic heterocycles. The molecule has 1 aromatic rings. The smallest absolute Gasteiger partial charge is 0.481 e. The Kier molecular flexibility index (Phi) is 4.30. The van der Waals surface area contributed by atoms with Gasteiger partial charge in [-0.1, -0.05) is 6.07 Å². The summed E-state index contributed by atoms with van der Waals surface area (Å²) in [5.41, 5.74) is -0.831. The average molecular weight is 317 g/mol. The van der Waals surface area contributed by atoms with Crippen molar-refractivity contribution in [3.63, 3.8) is 0 Å². The summed E-state index contributed by atoms with van der Waals surface area (Å²) in [6.07, 6.45) is -3.19. The van der Waals surface area contributed by atoms with Crippen molar-refractivity contribution in [2.24, 2.45) is 0 Å². The number of hydrogen-bond acceptors (Lipinski definition) is 3. The Morgan fingerprint density at radius 2 is 2.00 bits per heavy atom. The first-order valence-electron chi connectivity index (χ1n) is 6.59. The first kappa shape index (κ1) is 16.1. The number of carboxylic acids is 1. The van der Waals surface area contributed by atoms with Crippen LogP contribution < -0.4 is 10.1 Å². The summed E-state index contributed by atoms with van der Waals surface area (Å²) < 4.78 is 40.2. The molecule has 0 saturated heterocycles. The zero-order valence-corrected chi connectivity index (χ0v) is 11.4. The van der Waals surface area contributed by atoms with E-state index in [1.165, 1.54) is 12.1 Å². The molecule has 0 atom stereocenters. The number of aliphatic carboxylic acids is 1. The number of ether oxygens (including phenoxy) is 1. The summed E-state index contributed by atoms with van der Waals surface area (Å²) >= 11 is 0. The lowest BCUT2D eigenvalue weighted by Crippen LogP contribution is -2.54. The highest BCUT2D eigenvalue weighted by Crippen LogP contribution is 2.35. The molecule has 8 heteroatoms. The first-order chi connectivity index (χ1) is 10.2. The Bertz CT molecular complexity index is 582. The topological polar surface area (TPSA) is 75.6 Å². The maximum Gasteiger partial charge on any atom is 0.573 e. The van der Waals surface area contributed by atoms with Gasteiger partial charge in [0, 0.05) is 5.56 Å². The summed E-state index contributed by atoms with van der Waals surface area (Å²) in [6, 6.07) is 4.66. The Morgan fingerprint density at radius 3 is 2.50 bits per heavy atom. The van der Waals surface area contributed by atoms with Gasteiger partial charge < -0.3 is 15.2 Å². The fraction of sp³-hybridized carbons (Fsp3) is 0.429. The third-order valence-corrected chi connectivity index (χ3v) is 3.51. The molecule has 0 heterocycles. The quantitative estimate of drug-likeness (QED) is 0.875. The van der Waals surface area contributed by atoms with Crippen molar-refractivity contribution in [1.29, 1.82) is 0 Å². The van der Waals surface area contributed by atoms with Crippen LogP contribution in [0.1, 0.15) is 36.0 Å². The molecule has 1 amide bonds. The van der Waals surface area contributed by atoms with Crippen LogP contribution in [-0.4, -0.2) is 28.9 Å². The molecule has 1 saturated carbocycles. The van der Waals surface area contributed by atoms with Crippen LogP contribution in [0.2, 0.25) is 0 Å². The van der Waals surface area contributed by atoms with Gasteiger partial charge in [-0.2, -0.15) is 0 Å². The second-order valence-electron chi connectivity index (χ2n) is 5.23. The minimum absolute atomic E-state index is 0.0154. The molecule has 120 valence electrons. The minimum atomic E-state index is -4.84. The van der Waals surface area contributed by atoms with Crippen LogP contribution in [0.25, 0.3) is 0 Å². The summed E-state index contributed by atoms with van der Waals surface area (Å²) in [4.78, 5) is 23.0. The first-order valence-corrected chi connectivity index (χ1v) is 6.59. The highest BCUT2D eigenvalue weighted by Gasteiger charge is 2.40. The number of carbonyl (C=O) groups is 2. The van der Waals surface area contributed by atoms with Gasteiger partial charge in [0.05, 0.1) is 12.0 Å². The molecule has 5 nitrogen and oxygen atoms in total. The van der Waals surface area contributed by atoms with Crippen LogP contribution in [0, 0.1) is 0 Å². The molecule has 1 aliphatic rings. The zero-order chi connectivity index (χ0) is 16.4. The fourth-order valence-corrected chi connectivity index (χ4v) is 2.39. The van der Waals surface area contributed by atoms with Crippen LogP contribution in [0.3, 0.4) is 0 Å². The Morgan fingerprint density at radius 1 is 1.32 bits per heavy atom. The second kappa shape index (κ2) is 5.86. The number of hydrogen-bond donors (Lipinski definition) is 2. The van der Waals surface area contributed by atoms with Crippen molar-refractivity contribution in [3.05, 3.63) is 29.8 Å². The largest absolute Gasteiger partial charge is 0.573 e. The predicted molar refractivity (Wildman–Crippen MR) is 69.4 cm³/mol. The maximum atomic E-state index is 12.2. The average Bonchev–Trinajstić information content (AvgIpc) is 2.33. The molecule has 2 rings (SSSR count). The van der Waals surface area contributed by atoms with E-state index in [0.29, 0.717) is 12.8 Å². The Hall–Kier alpha value is -2.25. The highest BCUT2D eigenvalue weighted by atomic mass is 19.4. The van der Waals surface area contributed by atoms with E-state index in [4.69, 9.17) is 5.11 Å². The Balaban J connectivity index is 2.09. The molecule has 0 bridgehead atoms. The summed E-state index contributed by atoms with van der Waals surface area (Å²) in [7, 11) is 0. The van der Waals surface area contributed by atoms with E-state index in [2.05, 4.69) is 10.1 Å². The fourth-order valence-electron chi connectivity index (χ4n) is 2.39. The van der Waals surface area contributed by atoms with Gasteiger partial charge in [0.2, 0.25) is 0 Å². The van der Waals surface area contributed by atoms with Gasteiger partial charge in [-0.15, -0.1) is 13.2 Å². The molecule has 1 fully saturated rings. The number of nitrogens with one attached hydrogen (secondary N) is 1. The third kappa shape index (κ3) is 4.12. The molecule has 0 radical (unpaired) electrons. The normalized spacial score (nSPS) is 16.5. The van der Waals surface area contributed by atoms with Gasteiger partial charge in [0.15, 0.2) is 0 Å². The van der Waals surface area contributed by atoms with E-state index in [0.717, 1.165) is 18.6 Å². The lowest BCUT2D eigenvalue weighted by Gasteiger charge is -2.41. The van der Waals surface area contributed by atoms with Crippen molar-refractivity contribution < 1.29 is 32.6 Å². The summed E-state index contributed by atoms with van der Waals surface area (Å²) in [5, 5.41) is 11.5. The van der Waals surface area contributed by atoms with Gasteiger partial charge in [-0.05, 0) is 37.5 Å². The molecular weight excluding hydrogens is 303 g/mol. The van der Waals surface area contributed by atoms with Crippen LogP contribution in [0.15, 0.2) is 24.3 Å². The number of amides is 1. The number of halogens is 3. The number of carbonyl (C=O) groups excluding carboxylic acids is 1. The number of benzene rings is 1. The van der Waals surface area contributed by atoms with Gasteiger partial charge in [0.1, 0.15) is 5.75 Å². The monoisotopic (exact) mass is 317 g/mol. The SMILES string of the molecule is O=C(O)CC1(NC(=O)c2cccc(OC(F)(F)F)c2)CCC1. The van der Waals surface area contributed by atoms with Crippen LogP contribution in [0.5, 0.6) is 5.75 Å². The van der Waals surface area contributed by atoms with Gasteiger partial charge in [-0.25, -0.2) is 0 Å². The van der Waals surface area contributed by atoms with Crippen molar-refractivity contribution >= 4 is 11.9 Å². The summed E-state index contributed by atoms with van der Waals surface area (Å²) in [6.45, 7) is 0. The van der Waals surface area contributed by atoms with Crippen molar-refractivity contribution in [2.45, 2.75) is 37.6 Å². The van der Waals surface area contributed by atoms with Gasteiger partial charge >= 0.3 is 12.3 Å². The number of rotatable bonds is 5. The molecule has 2 N–H and O–H groups in total. The molecular formula is C14H14F3NO4. The number of carboxylic acid groups (broad SMARTS) is 1. The highest BCUT2D eigenvalue weighted by molar-refractivity contribution is 5.95. The van der Waals surface area contributed by atoms with E-state index in [1.54, 1.807) is 0 Å². The molecule has 0 unspecified atom stereocenters. The van der Waals surface area contributed by atoms with Crippen molar-refractivity contribution in [1.82, 2.24) is 5.32 Å². The molecule has 22 heavy (non-hydrogen) atoms. The molecule has 1 aromatic carbocycles. The number of alkyl halides is 3. The third-order valence-electron chi connectivity index (χ3n) is 3.51. The molecule has 0 aliphatic heterocycles. The van der Waals surface area contributed by atoms with E-state index < -0.39 is 29.5 Å². The van der Waals surface area contributed by atoms with E-state index >= 15 is 0 Å². The predicted octanol–water partition coefficient (Wildman–Crippen LogP) is 2.71. The van der Waals surface area contributed by atoms with E-state index in [9.17, 15) is 22.8 Å². The lowest BCUT2D eigenvalue weighted by molar-refractivity contribution is -0.274. The van der Waals surface area contributed by atoms with E-state index in [1.807, 2.05) is 0 Å². The molecule has 1 aliphatic carbocycles. The van der Waals surface area contributed by atoms with E-state index in [-0.39, 0.29) is 12.0 Å². The van der Waals surface area contributed by atoms with Crippen LogP contribution in [0.4, 0.5) is 13.2 Å². The van der Waals surface area contributed by atoms with Crippen molar-refractivity contribution in [2.75, 3.05) is 0 Å². The Labute approximate surface area is 124 Å². The zero-order valence-electron chi connectivity index (χ0n) is 11.4.